The highest BCUT2D eigenvalue weighted by atomic mass is 16.3. The summed E-state index contributed by atoms with van der Waals surface area (Å²) in [5.74, 6) is 0. The summed E-state index contributed by atoms with van der Waals surface area (Å²) in [7, 11) is 0. The maximum Gasteiger partial charge on any atom is 0.136 e. The molecule has 0 aliphatic heterocycles. The zero-order valence-electron chi connectivity index (χ0n) is 25.3. The number of fused-ring (bicyclic) bond motifs is 5. The molecular formula is C32H20O. The normalized spacial score (nSPS) is 15.0. The van der Waals surface area contributed by atoms with Gasteiger partial charge >= 0.3 is 0 Å². The Bertz CT molecular complexity index is 2160. The van der Waals surface area contributed by atoms with Crippen molar-refractivity contribution in [1.82, 2.24) is 0 Å². The Morgan fingerprint density at radius 1 is 0.455 bits per heavy atom. The Labute approximate surface area is 202 Å². The number of rotatable bonds is 2. The van der Waals surface area contributed by atoms with E-state index in [0.29, 0.717) is 33.4 Å². The van der Waals surface area contributed by atoms with Gasteiger partial charge in [-0.15, -0.1) is 0 Å². The first kappa shape index (κ1) is 12.0. The van der Waals surface area contributed by atoms with Gasteiger partial charge in [0, 0.05) is 10.8 Å². The van der Waals surface area contributed by atoms with Crippen molar-refractivity contribution in [2.75, 3.05) is 0 Å². The van der Waals surface area contributed by atoms with Gasteiger partial charge in [-0.3, -0.25) is 0 Å². The summed E-state index contributed by atoms with van der Waals surface area (Å²) in [5, 5.41) is 2.54. The van der Waals surface area contributed by atoms with E-state index < -0.39 is 24.2 Å². The monoisotopic (exact) mass is 428 g/mol. The lowest BCUT2D eigenvalue weighted by Crippen LogP contribution is -1.90. The third-order valence-electron chi connectivity index (χ3n) is 6.10. The molecule has 154 valence electrons. The van der Waals surface area contributed by atoms with Crippen LogP contribution in [0.25, 0.3) is 65.7 Å². The second kappa shape index (κ2) is 7.08. The van der Waals surface area contributed by atoms with Gasteiger partial charge in [-0.25, -0.2) is 0 Å². The molecule has 0 aliphatic carbocycles. The Kier molecular flexibility index (Phi) is 2.58. The van der Waals surface area contributed by atoms with Gasteiger partial charge < -0.3 is 4.42 Å². The Morgan fingerprint density at radius 2 is 1.00 bits per heavy atom. The average Bonchev–Trinajstić information content (AvgIpc) is 3.37. The van der Waals surface area contributed by atoms with Crippen LogP contribution in [-0.4, -0.2) is 0 Å². The van der Waals surface area contributed by atoms with E-state index in [-0.39, 0.29) is 45.7 Å². The molecule has 0 bridgehead atoms. The molecule has 1 heteroatoms. The average molecular weight is 429 g/mol. The number of para-hydroxylation sites is 1. The highest BCUT2D eigenvalue weighted by molar-refractivity contribution is 6.22. The Morgan fingerprint density at radius 3 is 1.67 bits per heavy atom. The molecule has 7 aromatic rings. The summed E-state index contributed by atoms with van der Waals surface area (Å²) in [4.78, 5) is 0. The van der Waals surface area contributed by atoms with Crippen LogP contribution in [0.15, 0.2) is 126 Å². The van der Waals surface area contributed by atoms with Crippen molar-refractivity contribution in [3.8, 4) is 22.3 Å². The first-order valence-corrected chi connectivity index (χ1v) is 10.6. The molecule has 33 heavy (non-hydrogen) atoms. The predicted octanol–water partition coefficient (Wildman–Crippen LogP) is 9.23. The molecule has 0 saturated heterocycles. The van der Waals surface area contributed by atoms with Gasteiger partial charge in [-0.1, -0.05) is 103 Å². The predicted molar refractivity (Wildman–Crippen MR) is 140 cm³/mol. The topological polar surface area (TPSA) is 13.1 Å². The summed E-state index contributed by atoms with van der Waals surface area (Å²) < 4.78 is 76.1. The highest BCUT2D eigenvalue weighted by Gasteiger charge is 2.17. The molecule has 0 atom stereocenters. The summed E-state index contributed by atoms with van der Waals surface area (Å²) in [5.41, 5.74) is 2.98. The van der Waals surface area contributed by atoms with Gasteiger partial charge in [0.1, 0.15) is 11.2 Å². The number of hydrogen-bond donors (Lipinski definition) is 0. The Balaban J connectivity index is 1.79. The fourth-order valence-electron chi connectivity index (χ4n) is 4.69. The molecule has 1 heterocycles. The maximum absolute atomic E-state index is 9.01. The van der Waals surface area contributed by atoms with E-state index in [4.69, 9.17) is 15.4 Å². The van der Waals surface area contributed by atoms with Crippen molar-refractivity contribution in [2.24, 2.45) is 0 Å². The van der Waals surface area contributed by atoms with E-state index in [0.717, 1.165) is 10.8 Å². The van der Waals surface area contributed by atoms with E-state index in [1.54, 1.807) is 30.3 Å². The minimum Gasteiger partial charge on any atom is -0.456 e. The maximum atomic E-state index is 9.01. The smallest absolute Gasteiger partial charge is 0.136 e. The third kappa shape index (κ3) is 2.73. The quantitative estimate of drug-likeness (QED) is 0.250. The number of benzene rings is 6. The minimum atomic E-state index is -0.423. The minimum absolute atomic E-state index is 0.183. The van der Waals surface area contributed by atoms with Gasteiger partial charge in [0.25, 0.3) is 0 Å². The van der Waals surface area contributed by atoms with Gasteiger partial charge in [-0.2, -0.15) is 0 Å². The second-order valence-corrected chi connectivity index (χ2v) is 7.93. The van der Waals surface area contributed by atoms with E-state index in [2.05, 4.69) is 0 Å². The molecule has 0 saturated carbocycles. The van der Waals surface area contributed by atoms with E-state index >= 15 is 0 Å². The van der Waals surface area contributed by atoms with Crippen LogP contribution in [-0.2, 0) is 0 Å². The van der Waals surface area contributed by atoms with Crippen LogP contribution in [0.3, 0.4) is 0 Å². The van der Waals surface area contributed by atoms with Crippen molar-refractivity contribution in [3.05, 3.63) is 121 Å². The van der Waals surface area contributed by atoms with Crippen LogP contribution in [0.2, 0.25) is 0 Å². The van der Waals surface area contributed by atoms with Gasteiger partial charge in [0.15, 0.2) is 0 Å². The fourth-order valence-corrected chi connectivity index (χ4v) is 4.69. The van der Waals surface area contributed by atoms with Crippen molar-refractivity contribution < 1.29 is 15.4 Å². The molecule has 1 aromatic heterocycles. The van der Waals surface area contributed by atoms with Crippen molar-refractivity contribution in [3.63, 3.8) is 0 Å². The first-order valence-electron chi connectivity index (χ1n) is 14.6. The van der Waals surface area contributed by atoms with Crippen LogP contribution in [0.1, 0.15) is 11.0 Å². The summed E-state index contributed by atoms with van der Waals surface area (Å²) in [6.45, 7) is 0. The lowest BCUT2D eigenvalue weighted by atomic mass is 9.86. The number of hydrogen-bond acceptors (Lipinski definition) is 1. The van der Waals surface area contributed by atoms with Gasteiger partial charge in [0.05, 0.1) is 11.0 Å². The molecule has 0 aliphatic rings. The largest absolute Gasteiger partial charge is 0.456 e. The molecule has 6 aromatic carbocycles. The highest BCUT2D eigenvalue weighted by Crippen LogP contribution is 2.44. The van der Waals surface area contributed by atoms with Crippen molar-refractivity contribution in [2.45, 2.75) is 0 Å². The standard InChI is InChI=1S/C32H20O/c1-2-10-21(11-3-1)31-25-13-4-6-15-27(25)32(28-16-7-5-14-26(28)31)22-18-19-24-23-12-8-9-17-29(23)33-30(24)20-22/h1-20H/i4D,5D,6D,7D,13D,14D,15D,16D. The summed E-state index contributed by atoms with van der Waals surface area (Å²) >= 11 is 0. The molecule has 1 nitrogen and oxygen atoms in total. The summed E-state index contributed by atoms with van der Waals surface area (Å²) in [6.07, 6.45) is 0. The Hall–Kier alpha value is -4.36. The van der Waals surface area contributed by atoms with E-state index in [1.165, 1.54) is 0 Å². The molecule has 0 radical (unpaired) electrons. The van der Waals surface area contributed by atoms with Crippen LogP contribution in [0.4, 0.5) is 0 Å². The first-order chi connectivity index (χ1) is 19.7. The van der Waals surface area contributed by atoms with Crippen LogP contribution in [0.5, 0.6) is 0 Å². The molecule has 7 rings (SSSR count). The van der Waals surface area contributed by atoms with Crippen LogP contribution >= 0.6 is 0 Å². The SMILES string of the molecule is [2H]c1c([2H])c([2H])c2c(-c3ccc4c(c3)oc3ccccc34)c3c([2H])c([2H])c([2H])c([2H])c3c(-c3ccccc3)c2c1[2H]. The van der Waals surface area contributed by atoms with Gasteiger partial charge in [0.2, 0.25) is 0 Å². The third-order valence-corrected chi connectivity index (χ3v) is 6.10. The zero-order valence-corrected chi connectivity index (χ0v) is 17.3. The van der Waals surface area contributed by atoms with E-state index in [1.807, 2.05) is 42.5 Å². The van der Waals surface area contributed by atoms with Crippen molar-refractivity contribution >= 4 is 43.5 Å². The zero-order chi connectivity index (χ0) is 28.7. The lowest BCUT2D eigenvalue weighted by molar-refractivity contribution is 0.669. The lowest BCUT2D eigenvalue weighted by Gasteiger charge is -2.17. The van der Waals surface area contributed by atoms with Crippen LogP contribution < -0.4 is 0 Å². The second-order valence-electron chi connectivity index (χ2n) is 7.93. The molecular weight excluding hydrogens is 400 g/mol. The molecule has 0 spiro atoms. The van der Waals surface area contributed by atoms with Crippen LogP contribution in [0, 0.1) is 0 Å². The number of furan rings is 1. The molecule has 0 amide bonds. The van der Waals surface area contributed by atoms with Gasteiger partial charge in [-0.05, 0) is 62.0 Å². The fraction of sp³-hybridized carbons (Fsp3) is 0. The molecule has 0 unspecified atom stereocenters. The summed E-state index contributed by atoms with van der Waals surface area (Å²) in [6, 6.07) is 19.2. The van der Waals surface area contributed by atoms with E-state index in [9.17, 15) is 0 Å². The molecule has 0 fully saturated rings. The van der Waals surface area contributed by atoms with Crippen molar-refractivity contribution in [1.29, 1.82) is 0 Å². The molecule has 0 N–H and O–H groups in total.